The molecule has 0 atom stereocenters. The third-order valence-electron chi connectivity index (χ3n) is 3.07. The molecule has 0 aliphatic heterocycles. The van der Waals surface area contributed by atoms with Gasteiger partial charge in [-0.3, -0.25) is 4.98 Å². The highest BCUT2D eigenvalue weighted by Gasteiger charge is 2.34. The SMILES string of the molecule is CN(Cc1cccnc1)c1ccc(CBr)cc1C(F)(F)F. The standard InChI is InChI=1S/C15H14BrF3N2/c1-21(10-12-3-2-6-20-9-12)14-5-4-11(8-16)7-13(14)15(17,18)19/h2-7,9H,8,10H2,1H3. The van der Waals surface area contributed by atoms with Crippen molar-refractivity contribution >= 4 is 21.6 Å². The summed E-state index contributed by atoms with van der Waals surface area (Å²) in [6.45, 7) is 0.366. The Hall–Kier alpha value is -1.56. The Balaban J connectivity index is 2.34. The van der Waals surface area contributed by atoms with Crippen LogP contribution in [0.5, 0.6) is 0 Å². The lowest BCUT2D eigenvalue weighted by atomic mass is 10.1. The van der Waals surface area contributed by atoms with Gasteiger partial charge >= 0.3 is 6.18 Å². The van der Waals surface area contributed by atoms with Crippen molar-refractivity contribution in [3.63, 3.8) is 0 Å². The zero-order chi connectivity index (χ0) is 15.5. The molecule has 0 bridgehead atoms. The minimum Gasteiger partial charge on any atom is -0.370 e. The number of hydrogen-bond acceptors (Lipinski definition) is 2. The molecule has 0 amide bonds. The second-order valence-electron chi connectivity index (χ2n) is 4.70. The largest absolute Gasteiger partial charge is 0.418 e. The highest BCUT2D eigenvalue weighted by molar-refractivity contribution is 9.08. The van der Waals surface area contributed by atoms with Crippen LogP contribution in [0.1, 0.15) is 16.7 Å². The number of benzene rings is 1. The van der Waals surface area contributed by atoms with Crippen LogP contribution in [0.3, 0.4) is 0 Å². The number of aromatic nitrogens is 1. The van der Waals surface area contributed by atoms with E-state index < -0.39 is 11.7 Å². The molecule has 0 N–H and O–H groups in total. The van der Waals surface area contributed by atoms with E-state index in [1.807, 2.05) is 6.07 Å². The zero-order valence-electron chi connectivity index (χ0n) is 11.4. The van der Waals surface area contributed by atoms with Crippen LogP contribution < -0.4 is 4.90 Å². The molecule has 6 heteroatoms. The Labute approximate surface area is 129 Å². The number of anilines is 1. The summed E-state index contributed by atoms with van der Waals surface area (Å²) in [5.74, 6) is 0. The quantitative estimate of drug-likeness (QED) is 0.740. The number of rotatable bonds is 4. The summed E-state index contributed by atoms with van der Waals surface area (Å²) in [7, 11) is 1.64. The van der Waals surface area contributed by atoms with E-state index in [-0.39, 0.29) is 5.69 Å². The normalized spacial score (nSPS) is 11.5. The fourth-order valence-electron chi connectivity index (χ4n) is 2.08. The van der Waals surface area contributed by atoms with E-state index in [2.05, 4.69) is 20.9 Å². The minimum atomic E-state index is -4.38. The third kappa shape index (κ3) is 3.97. The van der Waals surface area contributed by atoms with Crippen molar-refractivity contribution in [2.75, 3.05) is 11.9 Å². The van der Waals surface area contributed by atoms with Crippen LogP contribution in [0.2, 0.25) is 0 Å². The van der Waals surface area contributed by atoms with E-state index in [4.69, 9.17) is 0 Å². The maximum absolute atomic E-state index is 13.2. The lowest BCUT2D eigenvalue weighted by molar-refractivity contribution is -0.137. The van der Waals surface area contributed by atoms with Crippen molar-refractivity contribution in [3.8, 4) is 0 Å². The van der Waals surface area contributed by atoms with Crippen molar-refractivity contribution in [3.05, 3.63) is 59.4 Å². The van der Waals surface area contributed by atoms with Gasteiger partial charge < -0.3 is 4.90 Å². The summed E-state index contributed by atoms with van der Waals surface area (Å²) in [5.41, 5.74) is 1.00. The predicted molar refractivity (Wildman–Crippen MR) is 80.4 cm³/mol. The van der Waals surface area contributed by atoms with Crippen LogP contribution in [0.15, 0.2) is 42.7 Å². The van der Waals surface area contributed by atoms with E-state index in [1.54, 1.807) is 36.5 Å². The number of nitrogens with zero attached hydrogens (tertiary/aromatic N) is 2. The molecule has 1 heterocycles. The van der Waals surface area contributed by atoms with Crippen molar-refractivity contribution in [1.82, 2.24) is 4.98 Å². The molecule has 0 unspecified atom stereocenters. The lowest BCUT2D eigenvalue weighted by Gasteiger charge is -2.24. The van der Waals surface area contributed by atoms with Gasteiger partial charge in [0.05, 0.1) is 5.56 Å². The van der Waals surface area contributed by atoms with Crippen molar-refractivity contribution < 1.29 is 13.2 Å². The molecule has 112 valence electrons. The number of pyridine rings is 1. The van der Waals surface area contributed by atoms with Crippen LogP contribution in [0, 0.1) is 0 Å². The van der Waals surface area contributed by atoms with Gasteiger partial charge in [0, 0.05) is 37.0 Å². The Kier molecular flexibility index (Phi) is 4.88. The average molecular weight is 359 g/mol. The number of halogens is 4. The highest BCUT2D eigenvalue weighted by Crippen LogP contribution is 2.37. The Morgan fingerprint density at radius 2 is 1.95 bits per heavy atom. The Morgan fingerprint density at radius 3 is 2.52 bits per heavy atom. The maximum Gasteiger partial charge on any atom is 0.418 e. The molecule has 0 spiro atoms. The van der Waals surface area contributed by atoms with E-state index in [1.165, 1.54) is 12.1 Å². The molecule has 0 saturated heterocycles. The fraction of sp³-hybridized carbons (Fsp3) is 0.267. The number of alkyl halides is 4. The molecular weight excluding hydrogens is 345 g/mol. The van der Waals surface area contributed by atoms with Gasteiger partial charge in [-0.25, -0.2) is 0 Å². The van der Waals surface area contributed by atoms with Crippen LogP contribution in [-0.4, -0.2) is 12.0 Å². The Morgan fingerprint density at radius 1 is 1.19 bits per heavy atom. The van der Waals surface area contributed by atoms with Gasteiger partial charge in [0.1, 0.15) is 0 Å². The molecular formula is C15H14BrF3N2. The summed E-state index contributed by atoms with van der Waals surface area (Å²) < 4.78 is 39.6. The molecule has 0 fully saturated rings. The average Bonchev–Trinajstić information content (AvgIpc) is 2.46. The summed E-state index contributed by atoms with van der Waals surface area (Å²) in [5, 5.41) is 0.392. The summed E-state index contributed by atoms with van der Waals surface area (Å²) >= 11 is 3.18. The third-order valence-corrected chi connectivity index (χ3v) is 3.72. The first-order chi connectivity index (χ1) is 9.91. The highest BCUT2D eigenvalue weighted by atomic mass is 79.9. The van der Waals surface area contributed by atoms with E-state index in [0.29, 0.717) is 17.4 Å². The molecule has 1 aromatic heterocycles. The number of hydrogen-bond donors (Lipinski definition) is 0. The smallest absolute Gasteiger partial charge is 0.370 e. The van der Waals surface area contributed by atoms with Crippen LogP contribution >= 0.6 is 15.9 Å². The topological polar surface area (TPSA) is 16.1 Å². The lowest BCUT2D eigenvalue weighted by Crippen LogP contribution is -2.21. The second kappa shape index (κ2) is 6.47. The predicted octanol–water partition coefficient (Wildman–Crippen LogP) is 4.63. The van der Waals surface area contributed by atoms with Gasteiger partial charge in [0.25, 0.3) is 0 Å². The summed E-state index contributed by atoms with van der Waals surface area (Å²) in [6.07, 6.45) is -1.09. The first-order valence-corrected chi connectivity index (χ1v) is 7.40. The van der Waals surface area contributed by atoms with Crippen molar-refractivity contribution in [1.29, 1.82) is 0 Å². The summed E-state index contributed by atoms with van der Waals surface area (Å²) in [6, 6.07) is 7.99. The summed E-state index contributed by atoms with van der Waals surface area (Å²) in [4.78, 5) is 5.56. The van der Waals surface area contributed by atoms with Gasteiger partial charge in [-0.2, -0.15) is 13.2 Å². The molecule has 2 rings (SSSR count). The van der Waals surface area contributed by atoms with E-state index >= 15 is 0 Å². The molecule has 2 nitrogen and oxygen atoms in total. The molecule has 2 aromatic rings. The molecule has 0 saturated carbocycles. The van der Waals surface area contributed by atoms with Crippen molar-refractivity contribution in [2.24, 2.45) is 0 Å². The van der Waals surface area contributed by atoms with Crippen LogP contribution in [0.25, 0.3) is 0 Å². The Bertz CT molecular complexity index is 600. The van der Waals surface area contributed by atoms with Gasteiger partial charge in [0.2, 0.25) is 0 Å². The molecule has 0 aliphatic carbocycles. The van der Waals surface area contributed by atoms with Gasteiger partial charge in [0.15, 0.2) is 0 Å². The first-order valence-electron chi connectivity index (χ1n) is 6.28. The molecule has 0 aliphatic rings. The molecule has 0 radical (unpaired) electrons. The zero-order valence-corrected chi connectivity index (χ0v) is 12.9. The van der Waals surface area contributed by atoms with Gasteiger partial charge in [-0.15, -0.1) is 0 Å². The molecule has 21 heavy (non-hydrogen) atoms. The van der Waals surface area contributed by atoms with Crippen molar-refractivity contribution in [2.45, 2.75) is 18.1 Å². The first kappa shape index (κ1) is 15.8. The van der Waals surface area contributed by atoms with E-state index in [9.17, 15) is 13.2 Å². The van der Waals surface area contributed by atoms with Crippen LogP contribution in [-0.2, 0) is 18.1 Å². The maximum atomic E-state index is 13.2. The van der Waals surface area contributed by atoms with Gasteiger partial charge in [-0.1, -0.05) is 28.1 Å². The van der Waals surface area contributed by atoms with Gasteiger partial charge in [-0.05, 0) is 29.3 Å². The fourth-order valence-corrected chi connectivity index (χ4v) is 2.43. The van der Waals surface area contributed by atoms with E-state index in [0.717, 1.165) is 5.56 Å². The monoisotopic (exact) mass is 358 g/mol. The minimum absolute atomic E-state index is 0.163. The van der Waals surface area contributed by atoms with Crippen LogP contribution in [0.4, 0.5) is 18.9 Å². The molecule has 1 aromatic carbocycles. The second-order valence-corrected chi connectivity index (χ2v) is 5.26.